The third kappa shape index (κ3) is 6.12. The van der Waals surface area contributed by atoms with Crippen LogP contribution in [0.2, 0.25) is 0 Å². The Morgan fingerprint density at radius 1 is 1.08 bits per heavy atom. The number of benzene rings is 2. The van der Waals surface area contributed by atoms with Gasteiger partial charge in [0.2, 0.25) is 11.8 Å². The standard InChI is InChI=1S/C26H28F3N3O6/c1-25(2,3)38-24(35)32-13-20(31(4)21(33)14-32)23(34)30-19-12-18(11-15-9-10-36-22(15)19)37-17-7-5-16(6-8-17)26(27,28)29/h5-8,11-12,20H,9-10,13-14H2,1-4H3,(H,30,34). The molecule has 1 fully saturated rings. The number of carbonyl (C=O) groups excluding carboxylic acids is 3. The number of fused-ring (bicyclic) bond motifs is 1. The number of carbonyl (C=O) groups is 3. The Labute approximate surface area is 217 Å². The number of ether oxygens (including phenoxy) is 3. The Morgan fingerprint density at radius 2 is 1.76 bits per heavy atom. The van der Waals surface area contributed by atoms with Crippen LogP contribution in [0.1, 0.15) is 31.9 Å². The smallest absolute Gasteiger partial charge is 0.416 e. The number of amides is 3. The molecule has 0 radical (unpaired) electrons. The molecule has 0 bridgehead atoms. The number of hydrogen-bond acceptors (Lipinski definition) is 6. The number of likely N-dealkylation sites (N-methyl/N-ethyl adjacent to an activating group) is 1. The first kappa shape index (κ1) is 27.1. The van der Waals surface area contributed by atoms with Crippen molar-refractivity contribution in [1.82, 2.24) is 9.80 Å². The Balaban J connectivity index is 1.53. The Morgan fingerprint density at radius 3 is 2.39 bits per heavy atom. The highest BCUT2D eigenvalue weighted by molar-refractivity contribution is 6.00. The molecule has 2 aromatic rings. The van der Waals surface area contributed by atoms with Crippen LogP contribution in [0.25, 0.3) is 0 Å². The monoisotopic (exact) mass is 535 g/mol. The Bertz CT molecular complexity index is 1240. The maximum Gasteiger partial charge on any atom is 0.416 e. The summed E-state index contributed by atoms with van der Waals surface area (Å²) in [6, 6.07) is 6.44. The normalized spacial score (nSPS) is 17.6. The number of rotatable bonds is 4. The van der Waals surface area contributed by atoms with Crippen molar-refractivity contribution >= 4 is 23.6 Å². The second-order valence-corrected chi connectivity index (χ2v) is 10.1. The van der Waals surface area contributed by atoms with Gasteiger partial charge in [-0.3, -0.25) is 14.5 Å². The average molecular weight is 536 g/mol. The lowest BCUT2D eigenvalue weighted by Gasteiger charge is -2.38. The summed E-state index contributed by atoms with van der Waals surface area (Å²) in [4.78, 5) is 40.8. The van der Waals surface area contributed by atoms with Gasteiger partial charge in [-0.15, -0.1) is 0 Å². The zero-order chi connectivity index (χ0) is 27.8. The van der Waals surface area contributed by atoms with Gasteiger partial charge in [-0.05, 0) is 51.1 Å². The number of piperazine rings is 1. The van der Waals surface area contributed by atoms with Gasteiger partial charge in [0.1, 0.15) is 35.4 Å². The van der Waals surface area contributed by atoms with Gasteiger partial charge < -0.3 is 24.4 Å². The lowest BCUT2D eigenvalue weighted by atomic mass is 10.1. The highest BCUT2D eigenvalue weighted by atomic mass is 19.4. The molecule has 12 heteroatoms. The van der Waals surface area contributed by atoms with Crippen LogP contribution in [-0.4, -0.2) is 66.1 Å². The predicted molar refractivity (Wildman–Crippen MR) is 130 cm³/mol. The van der Waals surface area contributed by atoms with E-state index in [1.54, 1.807) is 26.8 Å². The maximum atomic E-state index is 13.3. The molecule has 0 spiro atoms. The van der Waals surface area contributed by atoms with E-state index in [0.717, 1.165) is 17.7 Å². The Hall–Kier alpha value is -3.96. The van der Waals surface area contributed by atoms with Gasteiger partial charge in [-0.1, -0.05) is 0 Å². The minimum absolute atomic E-state index is 0.0756. The van der Waals surface area contributed by atoms with E-state index in [0.29, 0.717) is 18.8 Å². The van der Waals surface area contributed by atoms with Crippen molar-refractivity contribution in [1.29, 1.82) is 0 Å². The highest BCUT2D eigenvalue weighted by Crippen LogP contribution is 2.39. The first-order valence-electron chi connectivity index (χ1n) is 11.9. The molecule has 2 aliphatic heterocycles. The van der Waals surface area contributed by atoms with Gasteiger partial charge in [0.25, 0.3) is 0 Å². The van der Waals surface area contributed by atoms with Crippen LogP contribution in [0, 0.1) is 0 Å². The molecule has 0 aromatic heterocycles. The summed E-state index contributed by atoms with van der Waals surface area (Å²) in [6.45, 7) is 5.18. The van der Waals surface area contributed by atoms with E-state index in [4.69, 9.17) is 14.2 Å². The maximum absolute atomic E-state index is 13.3. The molecular weight excluding hydrogens is 507 g/mol. The topological polar surface area (TPSA) is 97.4 Å². The van der Waals surface area contributed by atoms with Gasteiger partial charge in [-0.2, -0.15) is 13.2 Å². The van der Waals surface area contributed by atoms with Crippen LogP contribution < -0.4 is 14.8 Å². The SMILES string of the molecule is CN1C(=O)CN(C(=O)OC(C)(C)C)CC1C(=O)Nc1cc(Oc2ccc(C(F)(F)F)cc2)cc2c1OCC2. The Kier molecular flexibility index (Phi) is 7.18. The van der Waals surface area contributed by atoms with E-state index in [-0.39, 0.29) is 30.3 Å². The average Bonchev–Trinajstić information content (AvgIpc) is 3.28. The number of hydrogen-bond donors (Lipinski definition) is 1. The quantitative estimate of drug-likeness (QED) is 0.622. The number of nitrogens with one attached hydrogen (secondary N) is 1. The number of halogens is 3. The predicted octanol–water partition coefficient (Wildman–Crippen LogP) is 4.45. The fourth-order valence-electron chi connectivity index (χ4n) is 4.06. The third-order valence-corrected chi connectivity index (χ3v) is 5.97. The molecule has 9 nitrogen and oxygen atoms in total. The number of anilines is 1. The van der Waals surface area contributed by atoms with Crippen molar-refractivity contribution in [2.45, 2.75) is 45.0 Å². The summed E-state index contributed by atoms with van der Waals surface area (Å²) >= 11 is 0. The van der Waals surface area contributed by atoms with Crippen molar-refractivity contribution < 1.29 is 41.8 Å². The summed E-state index contributed by atoms with van der Waals surface area (Å²) in [5, 5.41) is 2.76. The van der Waals surface area contributed by atoms with E-state index < -0.39 is 41.3 Å². The minimum Gasteiger partial charge on any atom is -0.491 e. The van der Waals surface area contributed by atoms with Crippen LogP contribution in [0.15, 0.2) is 36.4 Å². The summed E-state index contributed by atoms with van der Waals surface area (Å²) in [5.41, 5.74) is -0.547. The molecule has 2 aliphatic rings. The van der Waals surface area contributed by atoms with Crippen molar-refractivity contribution in [3.63, 3.8) is 0 Å². The molecule has 2 heterocycles. The van der Waals surface area contributed by atoms with E-state index in [9.17, 15) is 27.6 Å². The van der Waals surface area contributed by atoms with E-state index >= 15 is 0 Å². The molecule has 204 valence electrons. The first-order chi connectivity index (χ1) is 17.7. The fourth-order valence-corrected chi connectivity index (χ4v) is 4.06. The lowest BCUT2D eigenvalue weighted by Crippen LogP contribution is -2.60. The van der Waals surface area contributed by atoms with Crippen molar-refractivity contribution in [2.75, 3.05) is 32.1 Å². The molecule has 0 aliphatic carbocycles. The van der Waals surface area contributed by atoms with Gasteiger partial charge in [-0.25, -0.2) is 4.79 Å². The molecule has 2 aromatic carbocycles. The van der Waals surface area contributed by atoms with Crippen LogP contribution in [-0.2, 0) is 26.9 Å². The zero-order valence-corrected chi connectivity index (χ0v) is 21.3. The van der Waals surface area contributed by atoms with Crippen LogP contribution in [0.4, 0.5) is 23.7 Å². The second kappa shape index (κ2) is 10.1. The zero-order valence-electron chi connectivity index (χ0n) is 21.3. The molecule has 3 amide bonds. The van der Waals surface area contributed by atoms with Gasteiger partial charge in [0.05, 0.1) is 24.4 Å². The largest absolute Gasteiger partial charge is 0.491 e. The van der Waals surface area contributed by atoms with E-state index in [2.05, 4.69) is 5.32 Å². The van der Waals surface area contributed by atoms with Crippen LogP contribution in [0.3, 0.4) is 0 Å². The van der Waals surface area contributed by atoms with Crippen molar-refractivity contribution in [2.24, 2.45) is 0 Å². The van der Waals surface area contributed by atoms with Gasteiger partial charge >= 0.3 is 12.3 Å². The van der Waals surface area contributed by atoms with Crippen LogP contribution in [0.5, 0.6) is 17.2 Å². The molecule has 38 heavy (non-hydrogen) atoms. The summed E-state index contributed by atoms with van der Waals surface area (Å²) in [5.74, 6) is -0.0824. The van der Waals surface area contributed by atoms with Gasteiger partial charge in [0.15, 0.2) is 0 Å². The van der Waals surface area contributed by atoms with E-state index in [1.165, 1.54) is 35.0 Å². The summed E-state index contributed by atoms with van der Waals surface area (Å²) in [7, 11) is 1.48. The summed E-state index contributed by atoms with van der Waals surface area (Å²) < 4.78 is 55.4. The molecule has 1 N–H and O–H groups in total. The number of nitrogens with zero attached hydrogens (tertiary/aromatic N) is 2. The second-order valence-electron chi connectivity index (χ2n) is 10.1. The third-order valence-electron chi connectivity index (χ3n) is 5.97. The van der Waals surface area contributed by atoms with Gasteiger partial charge in [0, 0.05) is 25.1 Å². The van der Waals surface area contributed by atoms with Crippen molar-refractivity contribution in [3.8, 4) is 17.2 Å². The molecule has 1 unspecified atom stereocenters. The fraction of sp³-hybridized carbons (Fsp3) is 0.423. The molecule has 0 saturated carbocycles. The van der Waals surface area contributed by atoms with Crippen LogP contribution >= 0.6 is 0 Å². The molecule has 4 rings (SSSR count). The first-order valence-corrected chi connectivity index (χ1v) is 11.9. The summed E-state index contributed by atoms with van der Waals surface area (Å²) in [6.07, 6.45) is -4.63. The lowest BCUT2D eigenvalue weighted by molar-refractivity contribution is -0.143. The minimum atomic E-state index is -4.46. The highest BCUT2D eigenvalue weighted by Gasteiger charge is 2.39. The molecular formula is C26H28F3N3O6. The van der Waals surface area contributed by atoms with E-state index in [1.807, 2.05) is 0 Å². The van der Waals surface area contributed by atoms with Crippen molar-refractivity contribution in [3.05, 3.63) is 47.5 Å². The molecule has 1 atom stereocenters. The number of alkyl halides is 3. The molecule has 1 saturated heterocycles.